The minimum absolute atomic E-state index is 0.0789. The third-order valence-corrected chi connectivity index (χ3v) is 2.80. The van der Waals surface area contributed by atoms with Crippen molar-refractivity contribution < 1.29 is 13.2 Å². The number of alkyl halides is 3. The standard InChI is InChI=1S/C13H19F3N2/c1-2-18-12(5-8-13(14,15)16)4-3-11-6-9-17-10-7-11/h6-7,9-10,12,18H,2-5,8H2,1H3. The molecule has 2 nitrogen and oxygen atoms in total. The molecule has 5 heteroatoms. The van der Waals surface area contributed by atoms with Gasteiger partial charge in [0.05, 0.1) is 0 Å². The second-order valence-electron chi connectivity index (χ2n) is 4.30. The van der Waals surface area contributed by atoms with Crippen molar-refractivity contribution in [2.24, 2.45) is 0 Å². The second-order valence-corrected chi connectivity index (χ2v) is 4.30. The lowest BCUT2D eigenvalue weighted by molar-refractivity contribution is -0.136. The molecule has 0 aliphatic rings. The van der Waals surface area contributed by atoms with Gasteiger partial charge in [-0.1, -0.05) is 6.92 Å². The molecule has 0 aliphatic heterocycles. The van der Waals surface area contributed by atoms with Crippen molar-refractivity contribution in [2.45, 2.75) is 44.8 Å². The molecule has 0 saturated carbocycles. The molecule has 18 heavy (non-hydrogen) atoms. The second kappa shape index (κ2) is 7.36. The van der Waals surface area contributed by atoms with Gasteiger partial charge in [-0.15, -0.1) is 0 Å². The molecule has 1 atom stereocenters. The van der Waals surface area contributed by atoms with E-state index in [1.807, 2.05) is 19.1 Å². The summed E-state index contributed by atoms with van der Waals surface area (Å²) in [6.07, 6.45) is 0.250. The van der Waals surface area contributed by atoms with Crippen LogP contribution in [0.4, 0.5) is 13.2 Å². The Labute approximate surface area is 106 Å². The third-order valence-electron chi connectivity index (χ3n) is 2.80. The van der Waals surface area contributed by atoms with Gasteiger partial charge in [-0.2, -0.15) is 13.2 Å². The van der Waals surface area contributed by atoms with Gasteiger partial charge in [-0.05, 0) is 43.5 Å². The molecule has 0 aliphatic carbocycles. The monoisotopic (exact) mass is 260 g/mol. The van der Waals surface area contributed by atoms with E-state index in [0.29, 0.717) is 13.0 Å². The highest BCUT2D eigenvalue weighted by molar-refractivity contribution is 5.09. The van der Waals surface area contributed by atoms with Crippen molar-refractivity contribution in [2.75, 3.05) is 6.54 Å². The highest BCUT2D eigenvalue weighted by Crippen LogP contribution is 2.23. The van der Waals surface area contributed by atoms with Crippen molar-refractivity contribution in [1.29, 1.82) is 0 Å². The van der Waals surface area contributed by atoms with E-state index in [9.17, 15) is 13.2 Å². The number of rotatable bonds is 7. The van der Waals surface area contributed by atoms with Crippen LogP contribution in [0.15, 0.2) is 24.5 Å². The van der Waals surface area contributed by atoms with Crippen molar-refractivity contribution in [3.8, 4) is 0 Å². The molecule has 1 rings (SSSR count). The van der Waals surface area contributed by atoms with E-state index in [-0.39, 0.29) is 12.5 Å². The zero-order chi connectivity index (χ0) is 13.4. The Kier molecular flexibility index (Phi) is 6.12. The summed E-state index contributed by atoms with van der Waals surface area (Å²) in [5, 5.41) is 3.11. The summed E-state index contributed by atoms with van der Waals surface area (Å²) in [4.78, 5) is 3.91. The first-order valence-electron chi connectivity index (χ1n) is 6.20. The fraction of sp³-hybridized carbons (Fsp3) is 0.615. The minimum atomic E-state index is -4.07. The van der Waals surface area contributed by atoms with Gasteiger partial charge in [0.1, 0.15) is 0 Å². The van der Waals surface area contributed by atoms with Crippen LogP contribution in [-0.2, 0) is 6.42 Å². The van der Waals surface area contributed by atoms with Crippen molar-refractivity contribution in [1.82, 2.24) is 10.3 Å². The number of hydrogen-bond acceptors (Lipinski definition) is 2. The maximum absolute atomic E-state index is 12.2. The smallest absolute Gasteiger partial charge is 0.314 e. The van der Waals surface area contributed by atoms with Gasteiger partial charge < -0.3 is 5.32 Å². The Balaban J connectivity index is 2.38. The summed E-state index contributed by atoms with van der Waals surface area (Å²) in [6, 6.07) is 3.71. The summed E-state index contributed by atoms with van der Waals surface area (Å²) in [5.74, 6) is 0. The van der Waals surface area contributed by atoms with Crippen LogP contribution in [0.3, 0.4) is 0 Å². The molecule has 0 bridgehead atoms. The molecule has 1 unspecified atom stereocenters. The first-order chi connectivity index (χ1) is 8.51. The molecule has 0 spiro atoms. The van der Waals surface area contributed by atoms with Gasteiger partial charge >= 0.3 is 6.18 Å². The van der Waals surface area contributed by atoms with Crippen LogP contribution < -0.4 is 5.32 Å². The molecule has 0 saturated heterocycles. The van der Waals surface area contributed by atoms with Crippen molar-refractivity contribution >= 4 is 0 Å². The van der Waals surface area contributed by atoms with Gasteiger partial charge in [-0.25, -0.2) is 0 Å². The zero-order valence-corrected chi connectivity index (χ0v) is 10.5. The lowest BCUT2D eigenvalue weighted by Gasteiger charge is -2.18. The molecular formula is C13H19F3N2. The average molecular weight is 260 g/mol. The van der Waals surface area contributed by atoms with Crippen LogP contribution in [0.1, 0.15) is 31.7 Å². The summed E-state index contributed by atoms with van der Waals surface area (Å²) in [5.41, 5.74) is 1.11. The van der Waals surface area contributed by atoms with E-state index in [2.05, 4.69) is 10.3 Å². The van der Waals surface area contributed by atoms with Crippen LogP contribution in [0, 0.1) is 0 Å². The SMILES string of the molecule is CCNC(CCc1ccncc1)CCC(F)(F)F. The number of aryl methyl sites for hydroxylation is 1. The molecule has 0 radical (unpaired) electrons. The molecule has 1 aromatic heterocycles. The van der Waals surface area contributed by atoms with Crippen molar-refractivity contribution in [3.05, 3.63) is 30.1 Å². The van der Waals surface area contributed by atoms with E-state index in [0.717, 1.165) is 12.0 Å². The summed E-state index contributed by atoms with van der Waals surface area (Å²) < 4.78 is 36.6. The summed E-state index contributed by atoms with van der Waals surface area (Å²) >= 11 is 0. The highest BCUT2D eigenvalue weighted by Gasteiger charge is 2.27. The number of halogens is 3. The number of pyridine rings is 1. The zero-order valence-electron chi connectivity index (χ0n) is 10.5. The van der Waals surface area contributed by atoms with Gasteiger partial charge in [-0.3, -0.25) is 4.98 Å². The number of nitrogens with zero attached hydrogens (tertiary/aromatic N) is 1. The quantitative estimate of drug-likeness (QED) is 0.813. The molecule has 0 amide bonds. The first-order valence-corrected chi connectivity index (χ1v) is 6.20. The molecule has 0 fully saturated rings. The highest BCUT2D eigenvalue weighted by atomic mass is 19.4. The molecule has 1 N–H and O–H groups in total. The fourth-order valence-corrected chi connectivity index (χ4v) is 1.87. The summed E-state index contributed by atoms with van der Waals surface area (Å²) in [7, 11) is 0. The van der Waals surface area contributed by atoms with Crippen LogP contribution in [0.5, 0.6) is 0 Å². The average Bonchev–Trinajstić information content (AvgIpc) is 2.33. The normalized spacial score (nSPS) is 13.6. The Bertz CT molecular complexity index is 325. The minimum Gasteiger partial charge on any atom is -0.314 e. The Morgan fingerprint density at radius 1 is 1.22 bits per heavy atom. The fourth-order valence-electron chi connectivity index (χ4n) is 1.87. The third kappa shape index (κ3) is 6.59. The predicted molar refractivity (Wildman–Crippen MR) is 65.3 cm³/mol. The largest absolute Gasteiger partial charge is 0.389 e. The van der Waals surface area contributed by atoms with Gasteiger partial charge in [0.25, 0.3) is 0 Å². The molecule has 0 aromatic carbocycles. The van der Waals surface area contributed by atoms with E-state index in [4.69, 9.17) is 0 Å². The molecule has 102 valence electrons. The van der Waals surface area contributed by atoms with Crippen molar-refractivity contribution in [3.63, 3.8) is 0 Å². The first kappa shape index (κ1) is 15.0. The lowest BCUT2D eigenvalue weighted by Crippen LogP contribution is -2.30. The Hall–Kier alpha value is -1.10. The topological polar surface area (TPSA) is 24.9 Å². The van der Waals surface area contributed by atoms with Crippen LogP contribution in [0.2, 0.25) is 0 Å². The summed E-state index contributed by atoms with van der Waals surface area (Å²) in [6.45, 7) is 2.60. The maximum atomic E-state index is 12.2. The number of nitrogens with one attached hydrogen (secondary N) is 1. The van der Waals surface area contributed by atoms with Gasteiger partial charge in [0.2, 0.25) is 0 Å². The van der Waals surface area contributed by atoms with Crippen LogP contribution >= 0.6 is 0 Å². The maximum Gasteiger partial charge on any atom is 0.389 e. The van der Waals surface area contributed by atoms with E-state index >= 15 is 0 Å². The van der Waals surface area contributed by atoms with Crippen LogP contribution in [0.25, 0.3) is 0 Å². The van der Waals surface area contributed by atoms with Crippen LogP contribution in [-0.4, -0.2) is 23.7 Å². The number of aromatic nitrogens is 1. The molecule has 1 aromatic rings. The Morgan fingerprint density at radius 3 is 2.44 bits per heavy atom. The number of hydrogen-bond donors (Lipinski definition) is 1. The van der Waals surface area contributed by atoms with Gasteiger partial charge in [0, 0.05) is 24.9 Å². The Morgan fingerprint density at radius 2 is 1.89 bits per heavy atom. The lowest BCUT2D eigenvalue weighted by atomic mass is 10.0. The van der Waals surface area contributed by atoms with E-state index in [1.54, 1.807) is 12.4 Å². The molecule has 1 heterocycles. The van der Waals surface area contributed by atoms with E-state index < -0.39 is 12.6 Å². The van der Waals surface area contributed by atoms with Gasteiger partial charge in [0.15, 0.2) is 0 Å². The molecular weight excluding hydrogens is 241 g/mol. The predicted octanol–water partition coefficient (Wildman–Crippen LogP) is 3.33. The van der Waals surface area contributed by atoms with E-state index in [1.165, 1.54) is 0 Å².